The van der Waals surface area contributed by atoms with E-state index in [1.165, 1.54) is 11.3 Å². The van der Waals surface area contributed by atoms with Crippen molar-refractivity contribution in [3.8, 4) is 0 Å². The van der Waals surface area contributed by atoms with Gasteiger partial charge in [-0.2, -0.15) is 4.80 Å². The Morgan fingerprint density at radius 3 is 3.00 bits per heavy atom. The van der Waals surface area contributed by atoms with Gasteiger partial charge >= 0.3 is 0 Å². The van der Waals surface area contributed by atoms with Gasteiger partial charge in [0, 0.05) is 18.0 Å². The molecule has 4 rings (SSSR count). The number of allylic oxidation sites excluding steroid dienone is 4. The first-order valence-electron chi connectivity index (χ1n) is 8.50. The predicted octanol–water partition coefficient (Wildman–Crippen LogP) is 4.49. The van der Waals surface area contributed by atoms with Gasteiger partial charge in [-0.15, -0.1) is 21.5 Å². The summed E-state index contributed by atoms with van der Waals surface area (Å²) < 4.78 is 0.951. The molecular weight excluding hydrogens is 438 g/mol. The summed E-state index contributed by atoms with van der Waals surface area (Å²) >= 11 is 11.0. The first-order valence-corrected chi connectivity index (χ1v) is 10.5. The highest BCUT2D eigenvalue weighted by atomic mass is 79.9. The summed E-state index contributed by atoms with van der Waals surface area (Å²) in [5.41, 5.74) is 0. The summed E-state index contributed by atoms with van der Waals surface area (Å²) in [5.74, 6) is 0.637. The van der Waals surface area contributed by atoms with Crippen molar-refractivity contribution in [3.05, 3.63) is 49.9 Å². The van der Waals surface area contributed by atoms with Crippen molar-refractivity contribution in [2.45, 2.75) is 37.8 Å². The smallest absolute Gasteiger partial charge is 0.264 e. The number of tetrazole rings is 1. The lowest BCUT2D eigenvalue weighted by molar-refractivity contribution is 0.0604. The number of hydrogen-bond acceptors (Lipinski definition) is 5. The van der Waals surface area contributed by atoms with E-state index in [4.69, 9.17) is 11.6 Å². The maximum atomic E-state index is 12.9. The summed E-state index contributed by atoms with van der Waals surface area (Å²) in [4.78, 5) is 17.1. The van der Waals surface area contributed by atoms with E-state index in [1.54, 1.807) is 4.80 Å². The van der Waals surface area contributed by atoms with Gasteiger partial charge in [0.25, 0.3) is 5.91 Å². The van der Waals surface area contributed by atoms with E-state index >= 15 is 0 Å². The number of hydrogen-bond donors (Lipinski definition) is 0. The van der Waals surface area contributed by atoms with E-state index in [2.05, 4.69) is 31.3 Å². The molecule has 1 aliphatic heterocycles. The Balaban J connectivity index is 1.56. The molecule has 6 nitrogen and oxygen atoms in total. The lowest BCUT2D eigenvalue weighted by Crippen LogP contribution is -2.38. The molecule has 0 spiro atoms. The number of likely N-dealkylation sites (tertiary alicyclic amines) is 1. The predicted molar refractivity (Wildman–Crippen MR) is 104 cm³/mol. The maximum Gasteiger partial charge on any atom is 0.264 e. The zero-order chi connectivity index (χ0) is 18.1. The van der Waals surface area contributed by atoms with Crippen LogP contribution in [0, 0.1) is 0 Å². The second-order valence-corrected chi connectivity index (χ2v) is 9.30. The van der Waals surface area contributed by atoms with E-state index in [1.807, 2.05) is 35.3 Å². The molecule has 1 saturated heterocycles. The molecule has 2 unspecified atom stereocenters. The third-order valence-electron chi connectivity index (χ3n) is 4.60. The normalized spacial score (nSPS) is 23.2. The molecule has 9 heteroatoms. The van der Waals surface area contributed by atoms with Gasteiger partial charge in [-0.25, -0.2) is 0 Å². The summed E-state index contributed by atoms with van der Waals surface area (Å²) in [6, 6.07) is 3.59. The molecule has 1 aliphatic carbocycles. The summed E-state index contributed by atoms with van der Waals surface area (Å²) in [6.07, 6.45) is 9.34. The molecule has 0 bridgehead atoms. The van der Waals surface area contributed by atoms with Crippen molar-refractivity contribution in [3.63, 3.8) is 0 Å². The summed E-state index contributed by atoms with van der Waals surface area (Å²) in [5, 5.41) is 13.8. The molecule has 1 amide bonds. The molecule has 2 aliphatic rings. The lowest BCUT2D eigenvalue weighted by Gasteiger charge is -2.33. The SMILES string of the molecule is O=C(c1ccc(Br)s1)N1CCCCC1c1nnn(C2C=CC=C(Cl)C2)n1. The largest absolute Gasteiger partial charge is 0.328 e. The Bertz CT molecular complexity index is 876. The van der Waals surface area contributed by atoms with Crippen molar-refractivity contribution >= 4 is 44.8 Å². The van der Waals surface area contributed by atoms with Crippen LogP contribution in [0.15, 0.2) is 39.2 Å². The maximum absolute atomic E-state index is 12.9. The van der Waals surface area contributed by atoms with Gasteiger partial charge in [0.2, 0.25) is 0 Å². The second kappa shape index (κ2) is 7.62. The molecular formula is C17H17BrClN5OS. The van der Waals surface area contributed by atoms with Crippen LogP contribution >= 0.6 is 38.9 Å². The number of nitrogens with zero attached hydrogens (tertiary/aromatic N) is 5. The van der Waals surface area contributed by atoms with Gasteiger partial charge in [0.1, 0.15) is 0 Å². The number of halogens is 2. The van der Waals surface area contributed by atoms with E-state index in [9.17, 15) is 4.79 Å². The Labute approximate surface area is 168 Å². The van der Waals surface area contributed by atoms with Crippen LogP contribution in [0.25, 0.3) is 0 Å². The fraction of sp³-hybridized carbons (Fsp3) is 0.412. The summed E-state index contributed by atoms with van der Waals surface area (Å²) in [6.45, 7) is 0.714. The Morgan fingerprint density at radius 1 is 1.35 bits per heavy atom. The van der Waals surface area contributed by atoms with Crippen molar-refractivity contribution < 1.29 is 4.79 Å². The van der Waals surface area contributed by atoms with Crippen molar-refractivity contribution in [2.75, 3.05) is 6.54 Å². The molecule has 0 radical (unpaired) electrons. The van der Waals surface area contributed by atoms with Gasteiger partial charge in [0.05, 0.1) is 20.7 Å². The Hall–Kier alpha value is -1.51. The van der Waals surface area contributed by atoms with Gasteiger partial charge in [-0.1, -0.05) is 23.8 Å². The molecule has 26 heavy (non-hydrogen) atoms. The lowest BCUT2D eigenvalue weighted by atomic mass is 10.0. The molecule has 2 atom stereocenters. The van der Waals surface area contributed by atoms with Crippen LogP contribution in [0.5, 0.6) is 0 Å². The van der Waals surface area contributed by atoms with E-state index in [-0.39, 0.29) is 18.0 Å². The van der Waals surface area contributed by atoms with Gasteiger partial charge < -0.3 is 4.90 Å². The van der Waals surface area contributed by atoms with E-state index in [0.717, 1.165) is 33.0 Å². The van der Waals surface area contributed by atoms with Crippen LogP contribution in [0.2, 0.25) is 0 Å². The molecule has 0 aromatic carbocycles. The van der Waals surface area contributed by atoms with Crippen molar-refractivity contribution in [2.24, 2.45) is 0 Å². The van der Waals surface area contributed by atoms with Gasteiger partial charge in [0.15, 0.2) is 5.82 Å². The third-order valence-corrected chi connectivity index (χ3v) is 6.49. The molecule has 136 valence electrons. The quantitative estimate of drug-likeness (QED) is 0.685. The monoisotopic (exact) mass is 453 g/mol. The fourth-order valence-electron chi connectivity index (χ4n) is 3.31. The number of amides is 1. The van der Waals surface area contributed by atoms with E-state index < -0.39 is 0 Å². The molecule has 0 N–H and O–H groups in total. The number of carbonyl (C=O) groups excluding carboxylic acids is 1. The number of piperidine rings is 1. The fourth-order valence-corrected chi connectivity index (χ4v) is 4.88. The van der Waals surface area contributed by atoms with Crippen molar-refractivity contribution in [1.29, 1.82) is 0 Å². The number of carbonyl (C=O) groups is 1. The minimum Gasteiger partial charge on any atom is -0.328 e. The van der Waals surface area contributed by atoms with Crippen LogP contribution in [0.4, 0.5) is 0 Å². The zero-order valence-electron chi connectivity index (χ0n) is 13.9. The topological polar surface area (TPSA) is 63.9 Å². The molecule has 1 fully saturated rings. The highest BCUT2D eigenvalue weighted by Crippen LogP contribution is 2.33. The molecule has 2 aromatic rings. The number of thiophene rings is 1. The van der Waals surface area contributed by atoms with Crippen LogP contribution in [-0.4, -0.2) is 37.6 Å². The van der Waals surface area contributed by atoms with Gasteiger partial charge in [-0.05, 0) is 58.6 Å². The minimum atomic E-state index is -0.135. The zero-order valence-corrected chi connectivity index (χ0v) is 17.0. The van der Waals surface area contributed by atoms with Crippen molar-refractivity contribution in [1.82, 2.24) is 25.1 Å². The number of rotatable bonds is 3. The first kappa shape index (κ1) is 17.9. The second-order valence-electron chi connectivity index (χ2n) is 6.35. The molecule has 3 heterocycles. The van der Waals surface area contributed by atoms with Crippen LogP contribution < -0.4 is 0 Å². The highest BCUT2D eigenvalue weighted by Gasteiger charge is 2.33. The van der Waals surface area contributed by atoms with Crippen LogP contribution in [-0.2, 0) is 0 Å². The standard InChI is InChI=1S/C17H17BrClN5OS/c18-15-8-7-14(26-15)17(25)23-9-2-1-6-13(23)16-20-22-24(21-16)12-5-3-4-11(19)10-12/h3-5,7-8,12-13H,1-2,6,9-10H2. The van der Waals surface area contributed by atoms with Crippen LogP contribution in [0.1, 0.15) is 53.3 Å². The Kier molecular flexibility index (Phi) is 5.24. The average Bonchev–Trinajstić information content (AvgIpc) is 3.30. The Morgan fingerprint density at radius 2 is 2.23 bits per heavy atom. The van der Waals surface area contributed by atoms with E-state index in [0.29, 0.717) is 18.8 Å². The van der Waals surface area contributed by atoms with Crippen LogP contribution in [0.3, 0.4) is 0 Å². The minimum absolute atomic E-state index is 0.0326. The van der Waals surface area contributed by atoms with Gasteiger partial charge in [-0.3, -0.25) is 4.79 Å². The third kappa shape index (κ3) is 3.63. The molecule has 2 aromatic heterocycles. The highest BCUT2D eigenvalue weighted by molar-refractivity contribution is 9.11. The first-order chi connectivity index (χ1) is 12.6. The average molecular weight is 455 g/mol. The molecule has 0 saturated carbocycles. The summed E-state index contributed by atoms with van der Waals surface area (Å²) in [7, 11) is 0. The number of aromatic nitrogens is 4.